The highest BCUT2D eigenvalue weighted by atomic mass is 19.1. The summed E-state index contributed by atoms with van der Waals surface area (Å²) in [6.45, 7) is 3.18. The summed E-state index contributed by atoms with van der Waals surface area (Å²) in [6, 6.07) is 2.26. The molecule has 1 saturated heterocycles. The maximum Gasteiger partial charge on any atom is 0.254 e. The van der Waals surface area contributed by atoms with Gasteiger partial charge in [0.25, 0.3) is 5.91 Å². The molecule has 1 aliphatic rings. The zero-order valence-corrected chi connectivity index (χ0v) is 12.4. The van der Waals surface area contributed by atoms with Crippen molar-refractivity contribution in [1.82, 2.24) is 9.80 Å². The molecule has 0 aliphatic carbocycles. The van der Waals surface area contributed by atoms with Gasteiger partial charge >= 0.3 is 0 Å². The molecule has 1 fully saturated rings. The van der Waals surface area contributed by atoms with Crippen LogP contribution in [0, 0.1) is 17.6 Å². The molecule has 3 N–H and O–H groups in total. The fourth-order valence-electron chi connectivity index (χ4n) is 2.80. The van der Waals surface area contributed by atoms with Gasteiger partial charge in [-0.25, -0.2) is 8.78 Å². The molecule has 1 amide bonds. The van der Waals surface area contributed by atoms with Gasteiger partial charge in [-0.1, -0.05) is 6.92 Å². The van der Waals surface area contributed by atoms with E-state index in [-0.39, 0.29) is 17.5 Å². The largest absolute Gasteiger partial charge is 0.337 e. The molecular formula is C14H20F2N4O. The van der Waals surface area contributed by atoms with Crippen molar-refractivity contribution in [1.29, 1.82) is 0 Å². The molecule has 1 aromatic rings. The smallest absolute Gasteiger partial charge is 0.254 e. The Morgan fingerprint density at radius 1 is 1.33 bits per heavy atom. The number of halogens is 2. The Labute approximate surface area is 122 Å². The number of benzene rings is 1. The van der Waals surface area contributed by atoms with E-state index in [4.69, 9.17) is 5.84 Å². The van der Waals surface area contributed by atoms with Crippen LogP contribution >= 0.6 is 0 Å². The van der Waals surface area contributed by atoms with E-state index in [1.807, 2.05) is 19.5 Å². The maximum atomic E-state index is 13.7. The molecule has 2 atom stereocenters. The minimum Gasteiger partial charge on any atom is -0.337 e. The maximum absolute atomic E-state index is 13.7. The molecule has 0 radical (unpaired) electrons. The molecular weight excluding hydrogens is 278 g/mol. The molecule has 0 aromatic heterocycles. The van der Waals surface area contributed by atoms with Crippen molar-refractivity contribution in [2.45, 2.75) is 13.0 Å². The zero-order valence-electron chi connectivity index (χ0n) is 12.4. The van der Waals surface area contributed by atoms with Crippen LogP contribution in [-0.2, 0) is 0 Å². The first-order valence-corrected chi connectivity index (χ1v) is 6.76. The standard InChI is InChI=1S/C14H20F2N4O/c1-8-6-20(7-12(8)19(2)3)14(21)9-4-10(15)13(18-17)11(16)5-9/h4-5,8,12,18H,6-7,17H2,1-3H3. The number of rotatable bonds is 3. The highest BCUT2D eigenvalue weighted by Gasteiger charge is 2.34. The molecule has 0 spiro atoms. The Morgan fingerprint density at radius 3 is 2.33 bits per heavy atom. The van der Waals surface area contributed by atoms with E-state index in [9.17, 15) is 13.6 Å². The average Bonchev–Trinajstić information content (AvgIpc) is 2.79. The summed E-state index contributed by atoms with van der Waals surface area (Å²) < 4.78 is 27.4. The van der Waals surface area contributed by atoms with Gasteiger partial charge in [0.2, 0.25) is 0 Å². The van der Waals surface area contributed by atoms with Crippen LogP contribution in [0.1, 0.15) is 17.3 Å². The third-order valence-corrected chi connectivity index (χ3v) is 3.96. The van der Waals surface area contributed by atoms with Crippen molar-refractivity contribution in [3.63, 3.8) is 0 Å². The first-order chi connectivity index (χ1) is 9.85. The van der Waals surface area contributed by atoms with E-state index in [1.54, 1.807) is 4.90 Å². The number of nitrogens with zero attached hydrogens (tertiary/aromatic N) is 2. The van der Waals surface area contributed by atoms with Gasteiger partial charge in [0.15, 0.2) is 11.6 Å². The van der Waals surface area contributed by atoms with Crippen molar-refractivity contribution < 1.29 is 13.6 Å². The van der Waals surface area contributed by atoms with Gasteiger partial charge in [0, 0.05) is 24.7 Å². The summed E-state index contributed by atoms with van der Waals surface area (Å²) in [6.07, 6.45) is 0. The molecule has 5 nitrogen and oxygen atoms in total. The fourth-order valence-corrected chi connectivity index (χ4v) is 2.80. The Balaban J connectivity index is 2.22. The summed E-state index contributed by atoms with van der Waals surface area (Å²) in [7, 11) is 3.91. The second kappa shape index (κ2) is 5.95. The Kier molecular flexibility index (Phi) is 4.43. The van der Waals surface area contributed by atoms with Crippen LogP contribution in [0.5, 0.6) is 0 Å². The summed E-state index contributed by atoms with van der Waals surface area (Å²) >= 11 is 0. The molecule has 0 saturated carbocycles. The second-order valence-corrected chi connectivity index (χ2v) is 5.68. The van der Waals surface area contributed by atoms with Gasteiger partial charge in [0.1, 0.15) is 5.69 Å². The normalized spacial score (nSPS) is 22.0. The number of amides is 1. The van der Waals surface area contributed by atoms with Crippen LogP contribution in [-0.4, -0.2) is 48.9 Å². The monoisotopic (exact) mass is 298 g/mol. The number of carbonyl (C=O) groups excluding carboxylic acids is 1. The lowest BCUT2D eigenvalue weighted by atomic mass is 10.1. The molecule has 2 rings (SSSR count). The topological polar surface area (TPSA) is 61.6 Å². The lowest BCUT2D eigenvalue weighted by molar-refractivity contribution is 0.0780. The van der Waals surface area contributed by atoms with Gasteiger partial charge in [-0.3, -0.25) is 10.6 Å². The van der Waals surface area contributed by atoms with Crippen molar-refractivity contribution in [2.24, 2.45) is 11.8 Å². The van der Waals surface area contributed by atoms with Gasteiger partial charge in [-0.05, 0) is 32.1 Å². The predicted octanol–water partition coefficient (Wildman–Crippen LogP) is 1.27. The van der Waals surface area contributed by atoms with Crippen LogP contribution in [0.3, 0.4) is 0 Å². The van der Waals surface area contributed by atoms with Crippen LogP contribution < -0.4 is 11.3 Å². The SMILES string of the molecule is CC1CN(C(=O)c2cc(F)c(NN)c(F)c2)CC1N(C)C. The number of hydrogen-bond acceptors (Lipinski definition) is 4. The minimum atomic E-state index is -0.878. The molecule has 1 heterocycles. The highest BCUT2D eigenvalue weighted by molar-refractivity contribution is 5.95. The first-order valence-electron chi connectivity index (χ1n) is 6.76. The number of hydrazine groups is 1. The van der Waals surface area contributed by atoms with Gasteiger partial charge < -0.3 is 15.2 Å². The molecule has 2 unspecified atom stereocenters. The molecule has 116 valence electrons. The van der Waals surface area contributed by atoms with Crippen molar-refractivity contribution >= 4 is 11.6 Å². The number of carbonyl (C=O) groups is 1. The van der Waals surface area contributed by atoms with Crippen LogP contribution in [0.25, 0.3) is 0 Å². The van der Waals surface area contributed by atoms with Crippen LogP contribution in [0.2, 0.25) is 0 Å². The number of nitrogens with two attached hydrogens (primary N) is 1. The third-order valence-electron chi connectivity index (χ3n) is 3.96. The van der Waals surface area contributed by atoms with E-state index < -0.39 is 17.3 Å². The van der Waals surface area contributed by atoms with E-state index >= 15 is 0 Å². The molecule has 7 heteroatoms. The predicted molar refractivity (Wildman–Crippen MR) is 76.7 cm³/mol. The highest BCUT2D eigenvalue weighted by Crippen LogP contribution is 2.24. The van der Waals surface area contributed by atoms with E-state index in [1.165, 1.54) is 0 Å². The number of likely N-dealkylation sites (N-methyl/N-ethyl adjacent to an activating group) is 1. The van der Waals surface area contributed by atoms with Crippen LogP contribution in [0.4, 0.5) is 14.5 Å². The molecule has 1 aliphatic heterocycles. The second-order valence-electron chi connectivity index (χ2n) is 5.68. The third kappa shape index (κ3) is 2.98. The Bertz CT molecular complexity index is 527. The summed E-state index contributed by atoms with van der Waals surface area (Å²) in [5.74, 6) is 3.22. The van der Waals surface area contributed by atoms with E-state index in [0.717, 1.165) is 12.1 Å². The average molecular weight is 298 g/mol. The summed E-state index contributed by atoms with van der Waals surface area (Å²) in [5, 5.41) is 0. The van der Waals surface area contributed by atoms with E-state index in [0.29, 0.717) is 19.0 Å². The Morgan fingerprint density at radius 2 is 1.90 bits per heavy atom. The number of likely N-dealkylation sites (tertiary alicyclic amines) is 1. The van der Waals surface area contributed by atoms with Crippen molar-refractivity contribution in [3.8, 4) is 0 Å². The summed E-state index contributed by atoms with van der Waals surface area (Å²) in [5.41, 5.74) is 1.51. The number of hydrogen-bond donors (Lipinski definition) is 2. The zero-order chi connectivity index (χ0) is 15.7. The lowest BCUT2D eigenvalue weighted by Gasteiger charge is -2.22. The van der Waals surface area contributed by atoms with E-state index in [2.05, 4.69) is 11.8 Å². The van der Waals surface area contributed by atoms with Crippen LogP contribution in [0.15, 0.2) is 12.1 Å². The summed E-state index contributed by atoms with van der Waals surface area (Å²) in [4.78, 5) is 16.1. The number of nitrogens with one attached hydrogen (secondary N) is 1. The Hall–Kier alpha value is -1.73. The lowest BCUT2D eigenvalue weighted by Crippen LogP contribution is -2.35. The molecule has 1 aromatic carbocycles. The number of anilines is 1. The van der Waals surface area contributed by atoms with Gasteiger partial charge in [-0.2, -0.15) is 0 Å². The molecule has 0 bridgehead atoms. The van der Waals surface area contributed by atoms with Gasteiger partial charge in [-0.15, -0.1) is 0 Å². The fraction of sp³-hybridized carbons (Fsp3) is 0.500. The van der Waals surface area contributed by atoms with Crippen molar-refractivity contribution in [2.75, 3.05) is 32.6 Å². The first kappa shape index (κ1) is 15.7. The minimum absolute atomic E-state index is 0.00407. The van der Waals surface area contributed by atoms with Crippen molar-refractivity contribution in [3.05, 3.63) is 29.3 Å². The van der Waals surface area contributed by atoms with Gasteiger partial charge in [0.05, 0.1) is 0 Å². The molecule has 21 heavy (non-hydrogen) atoms. The quantitative estimate of drug-likeness (QED) is 0.652. The number of nitrogen functional groups attached to an aromatic ring is 1.